The summed E-state index contributed by atoms with van der Waals surface area (Å²) in [5.74, 6) is 0.562. The van der Waals surface area contributed by atoms with E-state index in [-0.39, 0.29) is 17.5 Å². The first kappa shape index (κ1) is 18.7. The van der Waals surface area contributed by atoms with E-state index in [1.165, 1.54) is 23.4 Å². The molecule has 2 aromatic carbocycles. The second-order valence-corrected chi connectivity index (χ2v) is 6.75. The summed E-state index contributed by atoms with van der Waals surface area (Å²) in [4.78, 5) is 27.4. The summed E-state index contributed by atoms with van der Waals surface area (Å²) in [5.41, 5.74) is 2.39. The van der Waals surface area contributed by atoms with Crippen LogP contribution in [-0.2, 0) is 13.0 Å². The number of fused-ring (bicyclic) bond motifs is 1. The Labute approximate surface area is 168 Å². The van der Waals surface area contributed by atoms with Crippen LogP contribution in [0, 0.1) is 0 Å². The monoisotopic (exact) mass is 391 g/mol. The first-order valence-corrected chi connectivity index (χ1v) is 9.29. The van der Waals surface area contributed by atoms with E-state index in [2.05, 4.69) is 11.2 Å². The second kappa shape index (κ2) is 7.79. The molecule has 1 aromatic heterocycles. The Morgan fingerprint density at radius 2 is 1.72 bits per heavy atom. The molecule has 0 atom stereocenters. The Bertz CT molecular complexity index is 1110. The largest absolute Gasteiger partial charge is 0.497 e. The number of amides is 1. The highest BCUT2D eigenvalue weighted by atomic mass is 16.5. The summed E-state index contributed by atoms with van der Waals surface area (Å²) in [6, 6.07) is 16.4. The van der Waals surface area contributed by atoms with Gasteiger partial charge in [-0.15, -0.1) is 0 Å². The van der Waals surface area contributed by atoms with Crippen LogP contribution in [0.25, 0.3) is 5.69 Å². The number of hydrogen-bond acceptors (Lipinski definition) is 5. The Hall–Kier alpha value is -3.61. The summed E-state index contributed by atoms with van der Waals surface area (Å²) < 4.78 is 11.9. The lowest BCUT2D eigenvalue weighted by atomic mass is 10.00. The molecule has 4 rings (SSSR count). The van der Waals surface area contributed by atoms with Crippen molar-refractivity contribution in [3.63, 3.8) is 0 Å². The molecule has 1 aliphatic heterocycles. The van der Waals surface area contributed by atoms with Crippen LogP contribution >= 0.6 is 0 Å². The Morgan fingerprint density at radius 1 is 1.00 bits per heavy atom. The maximum absolute atomic E-state index is 13.1. The number of methoxy groups -OCH3 is 2. The van der Waals surface area contributed by atoms with Gasteiger partial charge in [-0.2, -0.15) is 5.10 Å². The average molecular weight is 391 g/mol. The van der Waals surface area contributed by atoms with Crippen LogP contribution in [0.4, 0.5) is 0 Å². The molecule has 0 saturated heterocycles. The molecule has 0 radical (unpaired) electrons. The Kier molecular flexibility index (Phi) is 5.03. The van der Waals surface area contributed by atoms with E-state index in [1.54, 1.807) is 36.3 Å². The van der Waals surface area contributed by atoms with Gasteiger partial charge in [0.1, 0.15) is 5.75 Å². The number of rotatable bonds is 4. The van der Waals surface area contributed by atoms with E-state index in [9.17, 15) is 9.59 Å². The number of carbonyl (C=O) groups excluding carboxylic acids is 1. The molecule has 148 valence electrons. The van der Waals surface area contributed by atoms with Gasteiger partial charge in [-0.25, -0.2) is 4.68 Å². The number of aromatic nitrogens is 2. The minimum Gasteiger partial charge on any atom is -0.497 e. The molecular formula is C22H21N3O4. The van der Waals surface area contributed by atoms with E-state index in [4.69, 9.17) is 9.47 Å². The van der Waals surface area contributed by atoms with Crippen molar-refractivity contribution >= 4 is 5.91 Å². The predicted octanol–water partition coefficient (Wildman–Crippen LogP) is 2.45. The van der Waals surface area contributed by atoms with Crippen LogP contribution < -0.4 is 14.9 Å². The van der Waals surface area contributed by atoms with Crippen molar-refractivity contribution in [2.75, 3.05) is 20.8 Å². The highest BCUT2D eigenvalue weighted by Gasteiger charge is 2.26. The topological polar surface area (TPSA) is 73.7 Å². The Morgan fingerprint density at radius 3 is 2.41 bits per heavy atom. The van der Waals surface area contributed by atoms with Crippen molar-refractivity contribution in [3.8, 4) is 17.3 Å². The van der Waals surface area contributed by atoms with Crippen molar-refractivity contribution in [1.29, 1.82) is 0 Å². The van der Waals surface area contributed by atoms with Crippen molar-refractivity contribution < 1.29 is 14.3 Å². The standard InChI is InChI=1S/C22H21N3O4/c1-28-18-9-7-17(8-10-18)25-20(29-2)13-19(26)21(23-25)22(27)24-12-11-15-5-3-4-6-16(15)14-24/h3-10,13H,11-12,14H2,1-2H3. The fourth-order valence-corrected chi connectivity index (χ4v) is 3.46. The zero-order valence-corrected chi connectivity index (χ0v) is 16.3. The van der Waals surface area contributed by atoms with Gasteiger partial charge in [-0.3, -0.25) is 9.59 Å². The van der Waals surface area contributed by atoms with Gasteiger partial charge in [-0.1, -0.05) is 24.3 Å². The van der Waals surface area contributed by atoms with Crippen LogP contribution in [-0.4, -0.2) is 41.4 Å². The molecule has 0 saturated carbocycles. The van der Waals surface area contributed by atoms with Crippen molar-refractivity contribution in [2.45, 2.75) is 13.0 Å². The summed E-state index contributed by atoms with van der Waals surface area (Å²) in [5, 5.41) is 4.35. The summed E-state index contributed by atoms with van der Waals surface area (Å²) in [6.07, 6.45) is 0.755. The quantitative estimate of drug-likeness (QED) is 0.683. The maximum Gasteiger partial charge on any atom is 0.278 e. The van der Waals surface area contributed by atoms with Crippen molar-refractivity contribution in [3.05, 3.63) is 81.6 Å². The van der Waals surface area contributed by atoms with Gasteiger partial charge in [0.2, 0.25) is 11.3 Å². The van der Waals surface area contributed by atoms with Gasteiger partial charge >= 0.3 is 0 Å². The molecule has 0 spiro atoms. The zero-order chi connectivity index (χ0) is 20.4. The maximum atomic E-state index is 13.1. The number of hydrogen-bond donors (Lipinski definition) is 0. The number of benzene rings is 2. The molecule has 1 aliphatic rings. The smallest absolute Gasteiger partial charge is 0.278 e. The third kappa shape index (κ3) is 3.59. The van der Waals surface area contributed by atoms with Gasteiger partial charge in [0, 0.05) is 13.1 Å². The highest BCUT2D eigenvalue weighted by molar-refractivity contribution is 5.92. The molecule has 0 unspecified atom stereocenters. The fraction of sp³-hybridized carbons (Fsp3) is 0.227. The van der Waals surface area contributed by atoms with Crippen LogP contribution in [0.15, 0.2) is 59.4 Å². The Balaban J connectivity index is 1.70. The normalized spacial score (nSPS) is 13.0. The van der Waals surface area contributed by atoms with E-state index in [0.717, 1.165) is 12.0 Å². The van der Waals surface area contributed by atoms with E-state index >= 15 is 0 Å². The molecule has 1 amide bonds. The number of ether oxygens (including phenoxy) is 2. The zero-order valence-electron chi connectivity index (χ0n) is 16.3. The molecule has 29 heavy (non-hydrogen) atoms. The van der Waals surface area contributed by atoms with E-state index < -0.39 is 5.43 Å². The summed E-state index contributed by atoms with van der Waals surface area (Å²) >= 11 is 0. The third-order valence-corrected chi connectivity index (χ3v) is 5.04. The van der Waals surface area contributed by atoms with Crippen LogP contribution in [0.5, 0.6) is 11.6 Å². The van der Waals surface area contributed by atoms with E-state index in [1.807, 2.05) is 18.2 Å². The molecule has 7 heteroatoms. The first-order chi connectivity index (χ1) is 14.1. The minimum absolute atomic E-state index is 0.124. The highest BCUT2D eigenvalue weighted by Crippen LogP contribution is 2.21. The SMILES string of the molecule is COc1ccc(-n2nc(C(=O)N3CCc4ccccc4C3)c(=O)cc2OC)cc1. The minimum atomic E-state index is -0.463. The van der Waals surface area contributed by atoms with Crippen LogP contribution in [0.3, 0.4) is 0 Å². The molecule has 0 aliphatic carbocycles. The van der Waals surface area contributed by atoms with Gasteiger partial charge < -0.3 is 14.4 Å². The molecule has 2 heterocycles. The lowest BCUT2D eigenvalue weighted by Gasteiger charge is -2.28. The van der Waals surface area contributed by atoms with Gasteiger partial charge in [-0.05, 0) is 41.8 Å². The molecular weight excluding hydrogens is 370 g/mol. The summed E-state index contributed by atoms with van der Waals surface area (Å²) in [6.45, 7) is 1.01. The van der Waals surface area contributed by atoms with Crippen LogP contribution in [0.2, 0.25) is 0 Å². The molecule has 0 N–H and O–H groups in total. The lowest BCUT2D eigenvalue weighted by Crippen LogP contribution is -2.39. The third-order valence-electron chi connectivity index (χ3n) is 5.04. The molecule has 0 bridgehead atoms. The summed E-state index contributed by atoms with van der Waals surface area (Å²) in [7, 11) is 3.04. The van der Waals surface area contributed by atoms with Gasteiger partial charge in [0.15, 0.2) is 5.69 Å². The molecule has 0 fully saturated rings. The van der Waals surface area contributed by atoms with Crippen molar-refractivity contribution in [2.24, 2.45) is 0 Å². The van der Waals surface area contributed by atoms with Crippen molar-refractivity contribution in [1.82, 2.24) is 14.7 Å². The first-order valence-electron chi connectivity index (χ1n) is 9.29. The molecule has 3 aromatic rings. The number of carbonyl (C=O) groups is 1. The van der Waals surface area contributed by atoms with Crippen LogP contribution in [0.1, 0.15) is 21.6 Å². The second-order valence-electron chi connectivity index (χ2n) is 6.75. The van der Waals surface area contributed by atoms with Gasteiger partial charge in [0.05, 0.1) is 26.0 Å². The predicted molar refractivity (Wildman–Crippen MR) is 108 cm³/mol. The van der Waals surface area contributed by atoms with Gasteiger partial charge in [0.25, 0.3) is 5.91 Å². The molecule has 7 nitrogen and oxygen atoms in total. The fourth-order valence-electron chi connectivity index (χ4n) is 3.46. The lowest BCUT2D eigenvalue weighted by molar-refractivity contribution is 0.0725. The average Bonchev–Trinajstić information content (AvgIpc) is 2.78. The number of nitrogens with zero attached hydrogens (tertiary/aromatic N) is 3. The van der Waals surface area contributed by atoms with E-state index in [0.29, 0.717) is 24.5 Å².